The average Bonchev–Trinajstić information content (AvgIpc) is 2.50. The molecule has 1 aliphatic heterocycles. The van der Waals surface area contributed by atoms with Crippen molar-refractivity contribution in [3.63, 3.8) is 0 Å². The number of nitrogen functional groups attached to an aromatic ring is 1. The van der Waals surface area contributed by atoms with Gasteiger partial charge >= 0.3 is 0 Å². The molecule has 0 spiro atoms. The third kappa shape index (κ3) is 2.51. The van der Waals surface area contributed by atoms with Gasteiger partial charge in [0.1, 0.15) is 0 Å². The van der Waals surface area contributed by atoms with E-state index in [0.717, 1.165) is 37.2 Å². The maximum Gasteiger partial charge on any atom is 0.293 e. The van der Waals surface area contributed by atoms with E-state index in [9.17, 15) is 4.79 Å². The van der Waals surface area contributed by atoms with Crippen LogP contribution in [0, 0.1) is 0 Å². The zero-order valence-electron chi connectivity index (χ0n) is 12.2. The summed E-state index contributed by atoms with van der Waals surface area (Å²) in [7, 11) is 0. The molecule has 5 heteroatoms. The van der Waals surface area contributed by atoms with Crippen molar-refractivity contribution in [2.75, 3.05) is 17.2 Å². The summed E-state index contributed by atoms with van der Waals surface area (Å²) in [6.07, 6.45) is 5.28. The van der Waals surface area contributed by atoms with E-state index in [0.29, 0.717) is 12.4 Å². The summed E-state index contributed by atoms with van der Waals surface area (Å²) in [5.41, 5.74) is 9.24. The second-order valence-electron chi connectivity index (χ2n) is 5.41. The molecule has 0 bridgehead atoms. The number of aromatic nitrogens is 2. The van der Waals surface area contributed by atoms with Gasteiger partial charge in [0.2, 0.25) is 0 Å². The predicted molar refractivity (Wildman–Crippen MR) is 84.4 cm³/mol. The fourth-order valence-corrected chi connectivity index (χ4v) is 2.86. The normalized spacial score (nSPS) is 14.0. The molecule has 21 heavy (non-hydrogen) atoms. The Balaban J connectivity index is 1.95. The first kappa shape index (κ1) is 13.7. The number of nitrogens with zero attached hydrogens (tertiary/aromatic N) is 3. The van der Waals surface area contributed by atoms with E-state index in [1.54, 1.807) is 17.0 Å². The molecule has 1 aromatic heterocycles. The highest BCUT2D eigenvalue weighted by Gasteiger charge is 2.21. The Bertz CT molecular complexity index is 708. The Labute approximate surface area is 124 Å². The van der Waals surface area contributed by atoms with E-state index in [1.807, 2.05) is 17.0 Å². The first-order valence-electron chi connectivity index (χ1n) is 7.37. The van der Waals surface area contributed by atoms with Gasteiger partial charge in [0.25, 0.3) is 5.56 Å². The molecule has 5 nitrogen and oxygen atoms in total. The molecule has 0 atom stereocenters. The van der Waals surface area contributed by atoms with E-state index >= 15 is 0 Å². The quantitative estimate of drug-likeness (QED) is 0.873. The summed E-state index contributed by atoms with van der Waals surface area (Å²) in [4.78, 5) is 18.8. The van der Waals surface area contributed by atoms with Crippen LogP contribution in [0.3, 0.4) is 0 Å². The number of hydrogen-bond acceptors (Lipinski definition) is 4. The van der Waals surface area contributed by atoms with E-state index in [4.69, 9.17) is 5.73 Å². The van der Waals surface area contributed by atoms with Gasteiger partial charge < -0.3 is 15.2 Å². The van der Waals surface area contributed by atoms with Crippen molar-refractivity contribution in [2.24, 2.45) is 0 Å². The lowest BCUT2D eigenvalue weighted by Gasteiger charge is -2.30. The van der Waals surface area contributed by atoms with Crippen LogP contribution < -0.4 is 16.2 Å². The van der Waals surface area contributed by atoms with Gasteiger partial charge in [-0.15, -0.1) is 0 Å². The lowest BCUT2D eigenvalue weighted by atomic mass is 9.98. The molecule has 1 aliphatic rings. The lowest BCUT2D eigenvalue weighted by molar-refractivity contribution is 0.634. The molecule has 110 valence electrons. The van der Waals surface area contributed by atoms with Crippen LogP contribution in [0.25, 0.3) is 0 Å². The minimum absolute atomic E-state index is 0.0164. The van der Waals surface area contributed by atoms with E-state index in [1.165, 1.54) is 5.56 Å². The van der Waals surface area contributed by atoms with Crippen molar-refractivity contribution in [2.45, 2.75) is 32.9 Å². The van der Waals surface area contributed by atoms with Crippen molar-refractivity contribution >= 4 is 11.5 Å². The number of aryl methyl sites for hydroxylation is 1. The molecular formula is C16H20N4O. The predicted octanol–water partition coefficient (Wildman–Crippen LogP) is 1.80. The first-order valence-corrected chi connectivity index (χ1v) is 7.37. The van der Waals surface area contributed by atoms with Gasteiger partial charge in [0.05, 0.1) is 0 Å². The van der Waals surface area contributed by atoms with Gasteiger partial charge in [0, 0.05) is 37.7 Å². The molecule has 0 aliphatic carbocycles. The Morgan fingerprint density at radius 2 is 2.24 bits per heavy atom. The van der Waals surface area contributed by atoms with E-state index < -0.39 is 0 Å². The van der Waals surface area contributed by atoms with Crippen molar-refractivity contribution in [3.05, 3.63) is 52.1 Å². The van der Waals surface area contributed by atoms with Crippen molar-refractivity contribution < 1.29 is 0 Å². The third-order valence-electron chi connectivity index (χ3n) is 3.97. The molecule has 0 saturated carbocycles. The summed E-state index contributed by atoms with van der Waals surface area (Å²) in [5.74, 6) is 0.528. The molecule has 0 radical (unpaired) electrons. The fourth-order valence-electron chi connectivity index (χ4n) is 2.86. The largest absolute Gasteiger partial charge is 0.398 e. The Morgan fingerprint density at radius 3 is 3.05 bits per heavy atom. The number of hydrogen-bond donors (Lipinski definition) is 1. The number of nitrogens with two attached hydrogens (primary N) is 1. The van der Waals surface area contributed by atoms with Crippen LogP contribution in [0.15, 0.2) is 35.4 Å². The fraction of sp³-hybridized carbons (Fsp3) is 0.375. The summed E-state index contributed by atoms with van der Waals surface area (Å²) < 4.78 is 1.73. The van der Waals surface area contributed by atoms with Crippen LogP contribution in [0.2, 0.25) is 0 Å². The second kappa shape index (κ2) is 5.60. The van der Waals surface area contributed by atoms with Gasteiger partial charge in [-0.25, -0.2) is 4.98 Å². The van der Waals surface area contributed by atoms with Gasteiger partial charge in [-0.2, -0.15) is 0 Å². The summed E-state index contributed by atoms with van der Waals surface area (Å²) in [6, 6.07) is 6.01. The highest BCUT2D eigenvalue weighted by Crippen LogP contribution is 2.25. The smallest absolute Gasteiger partial charge is 0.293 e. The van der Waals surface area contributed by atoms with Crippen LogP contribution in [-0.4, -0.2) is 16.1 Å². The third-order valence-corrected chi connectivity index (χ3v) is 3.97. The van der Waals surface area contributed by atoms with Gasteiger partial charge in [-0.1, -0.05) is 19.1 Å². The molecule has 2 heterocycles. The van der Waals surface area contributed by atoms with Gasteiger partial charge in [0.15, 0.2) is 5.82 Å². The van der Waals surface area contributed by atoms with Crippen LogP contribution in [-0.2, 0) is 19.5 Å². The maximum atomic E-state index is 12.5. The maximum absolute atomic E-state index is 12.5. The van der Waals surface area contributed by atoms with E-state index in [2.05, 4.69) is 18.0 Å². The lowest BCUT2D eigenvalue weighted by Crippen LogP contribution is -2.37. The van der Waals surface area contributed by atoms with Crippen LogP contribution >= 0.6 is 0 Å². The zero-order valence-corrected chi connectivity index (χ0v) is 12.2. The highest BCUT2D eigenvalue weighted by molar-refractivity contribution is 5.55. The minimum atomic E-state index is -0.0164. The number of benzene rings is 1. The van der Waals surface area contributed by atoms with Crippen molar-refractivity contribution in [1.29, 1.82) is 0 Å². The highest BCUT2D eigenvalue weighted by atomic mass is 16.1. The Morgan fingerprint density at radius 1 is 1.38 bits per heavy atom. The number of anilines is 2. The summed E-state index contributed by atoms with van der Waals surface area (Å²) in [6.45, 7) is 4.24. The number of fused-ring (bicyclic) bond motifs is 1. The average molecular weight is 284 g/mol. The molecule has 2 aromatic rings. The molecule has 0 saturated heterocycles. The Hall–Kier alpha value is -2.30. The minimum Gasteiger partial charge on any atom is -0.398 e. The molecule has 0 fully saturated rings. The zero-order chi connectivity index (χ0) is 14.8. The monoisotopic (exact) mass is 284 g/mol. The van der Waals surface area contributed by atoms with Crippen LogP contribution in [0.1, 0.15) is 24.5 Å². The van der Waals surface area contributed by atoms with Crippen molar-refractivity contribution in [3.8, 4) is 0 Å². The SMILES string of the molecule is CCCn1ccnc(N2CCc3cccc(N)c3C2)c1=O. The van der Waals surface area contributed by atoms with E-state index in [-0.39, 0.29) is 5.56 Å². The molecule has 2 N–H and O–H groups in total. The van der Waals surface area contributed by atoms with Crippen molar-refractivity contribution in [1.82, 2.24) is 9.55 Å². The second-order valence-corrected chi connectivity index (χ2v) is 5.41. The Kier molecular flexibility index (Phi) is 3.64. The topological polar surface area (TPSA) is 64.2 Å². The molecule has 1 aromatic carbocycles. The molecule has 3 rings (SSSR count). The summed E-state index contributed by atoms with van der Waals surface area (Å²) in [5, 5.41) is 0. The van der Waals surface area contributed by atoms with Crippen LogP contribution in [0.5, 0.6) is 0 Å². The molecular weight excluding hydrogens is 264 g/mol. The van der Waals surface area contributed by atoms with Gasteiger partial charge in [-0.3, -0.25) is 4.79 Å². The van der Waals surface area contributed by atoms with Crippen LogP contribution in [0.4, 0.5) is 11.5 Å². The molecule has 0 unspecified atom stereocenters. The standard InChI is InChI=1S/C16H20N4O/c1-2-8-19-10-7-18-15(16(19)21)20-9-6-12-4-3-5-14(17)13(12)11-20/h3-5,7,10H,2,6,8-9,11,17H2,1H3. The first-order chi connectivity index (χ1) is 10.2. The number of rotatable bonds is 3. The summed E-state index contributed by atoms with van der Waals surface area (Å²) >= 11 is 0. The van der Waals surface area contributed by atoms with Gasteiger partial charge in [-0.05, 0) is 30.0 Å². The molecule has 0 amide bonds.